The van der Waals surface area contributed by atoms with Gasteiger partial charge in [0.1, 0.15) is 5.82 Å². The van der Waals surface area contributed by atoms with Gasteiger partial charge in [-0.25, -0.2) is 4.39 Å². The third-order valence-electron chi connectivity index (χ3n) is 2.08. The summed E-state index contributed by atoms with van der Waals surface area (Å²) in [7, 11) is 0. The highest BCUT2D eigenvalue weighted by Crippen LogP contribution is 2.25. The van der Waals surface area contributed by atoms with Gasteiger partial charge in [0, 0.05) is 17.3 Å². The fraction of sp³-hybridized carbons (Fsp3) is 0. The first-order valence-electron chi connectivity index (χ1n) is 4.31. The molecule has 0 bridgehead atoms. The van der Waals surface area contributed by atoms with Crippen LogP contribution in [0.2, 0.25) is 0 Å². The molecule has 15 heavy (non-hydrogen) atoms. The molecule has 76 valence electrons. The summed E-state index contributed by atoms with van der Waals surface area (Å²) in [5.41, 5.74) is 1.59. The first-order valence-corrected chi connectivity index (χ1v) is 5.02. The molecule has 0 saturated carbocycles. The van der Waals surface area contributed by atoms with E-state index in [0.717, 1.165) is 6.29 Å². The van der Waals surface area contributed by atoms with Gasteiger partial charge in [-0.2, -0.15) is 0 Å². The highest BCUT2D eigenvalue weighted by atomic mass is 79.9. The van der Waals surface area contributed by atoms with Crippen LogP contribution in [0.15, 0.2) is 36.5 Å². The van der Waals surface area contributed by atoms with Crippen LogP contribution < -0.4 is 0 Å². The van der Waals surface area contributed by atoms with Crippen LogP contribution in [-0.2, 0) is 0 Å². The number of nitrogens with zero attached hydrogens (tertiary/aromatic N) is 1. The van der Waals surface area contributed by atoms with Crippen LogP contribution >= 0.6 is 16.1 Å². The standard InChI is InChI=1S/C11H7BrFNO/c12-14-6-8(7-15)5-11(14)9-3-1-2-4-10(9)13/h1-7H. The molecule has 2 rings (SSSR count). The molecule has 0 radical (unpaired) electrons. The maximum absolute atomic E-state index is 13.4. The van der Waals surface area contributed by atoms with Gasteiger partial charge >= 0.3 is 0 Å². The minimum Gasteiger partial charge on any atom is -0.298 e. The summed E-state index contributed by atoms with van der Waals surface area (Å²) < 4.78 is 15.0. The Morgan fingerprint density at radius 1 is 1.33 bits per heavy atom. The number of halogens is 2. The fourth-order valence-electron chi connectivity index (χ4n) is 1.38. The molecule has 2 nitrogen and oxygen atoms in total. The molecule has 0 amide bonds. The van der Waals surface area contributed by atoms with Crippen molar-refractivity contribution < 1.29 is 9.18 Å². The molecule has 0 spiro atoms. The molecule has 1 heterocycles. The predicted octanol–water partition coefficient (Wildman–Crippen LogP) is 3.26. The van der Waals surface area contributed by atoms with Gasteiger partial charge in [0.05, 0.1) is 21.8 Å². The maximum Gasteiger partial charge on any atom is 0.151 e. The van der Waals surface area contributed by atoms with Crippen molar-refractivity contribution in [2.24, 2.45) is 0 Å². The van der Waals surface area contributed by atoms with Crippen LogP contribution in [0.25, 0.3) is 11.3 Å². The van der Waals surface area contributed by atoms with Gasteiger partial charge in [0.15, 0.2) is 6.29 Å². The molecule has 0 N–H and O–H groups in total. The van der Waals surface area contributed by atoms with Crippen molar-refractivity contribution >= 4 is 22.4 Å². The Morgan fingerprint density at radius 3 is 2.67 bits per heavy atom. The van der Waals surface area contributed by atoms with Crippen molar-refractivity contribution in [2.45, 2.75) is 0 Å². The van der Waals surface area contributed by atoms with E-state index in [0.29, 0.717) is 16.8 Å². The van der Waals surface area contributed by atoms with Crippen molar-refractivity contribution in [3.63, 3.8) is 0 Å². The van der Waals surface area contributed by atoms with Crippen LogP contribution in [0.3, 0.4) is 0 Å². The Balaban J connectivity index is 2.58. The van der Waals surface area contributed by atoms with Crippen LogP contribution in [0.5, 0.6) is 0 Å². The van der Waals surface area contributed by atoms with Crippen LogP contribution in [-0.4, -0.2) is 9.88 Å². The number of hydrogen-bond donors (Lipinski definition) is 0. The van der Waals surface area contributed by atoms with E-state index < -0.39 is 0 Å². The molecule has 0 unspecified atom stereocenters. The Morgan fingerprint density at radius 2 is 2.07 bits per heavy atom. The van der Waals surface area contributed by atoms with E-state index in [1.54, 1.807) is 34.1 Å². The lowest BCUT2D eigenvalue weighted by atomic mass is 10.1. The first kappa shape index (κ1) is 10.1. The summed E-state index contributed by atoms with van der Waals surface area (Å²) in [5, 5.41) is 0. The first-order chi connectivity index (χ1) is 7.22. The Labute approximate surface area is 94.7 Å². The monoisotopic (exact) mass is 267 g/mol. The van der Waals surface area contributed by atoms with Gasteiger partial charge in [-0.15, -0.1) is 0 Å². The van der Waals surface area contributed by atoms with Gasteiger partial charge in [-0.1, -0.05) is 12.1 Å². The van der Waals surface area contributed by atoms with Crippen molar-refractivity contribution in [3.8, 4) is 11.3 Å². The molecule has 1 aromatic carbocycles. The van der Waals surface area contributed by atoms with Gasteiger partial charge < -0.3 is 0 Å². The zero-order chi connectivity index (χ0) is 10.8. The number of rotatable bonds is 2. The van der Waals surface area contributed by atoms with E-state index in [4.69, 9.17) is 0 Å². The van der Waals surface area contributed by atoms with E-state index in [9.17, 15) is 9.18 Å². The van der Waals surface area contributed by atoms with Gasteiger partial charge in [0.2, 0.25) is 0 Å². The summed E-state index contributed by atoms with van der Waals surface area (Å²) in [6.07, 6.45) is 2.32. The molecule has 0 aliphatic heterocycles. The van der Waals surface area contributed by atoms with Gasteiger partial charge in [-0.05, 0) is 18.2 Å². The fourth-order valence-corrected chi connectivity index (χ4v) is 1.91. The second-order valence-corrected chi connectivity index (χ2v) is 3.83. The lowest BCUT2D eigenvalue weighted by Crippen LogP contribution is -1.86. The van der Waals surface area contributed by atoms with Gasteiger partial charge in [-0.3, -0.25) is 8.39 Å². The lowest BCUT2D eigenvalue weighted by Gasteiger charge is -2.02. The third-order valence-corrected chi connectivity index (χ3v) is 2.67. The molecule has 4 heteroatoms. The molecular weight excluding hydrogens is 261 g/mol. The molecule has 0 saturated heterocycles. The summed E-state index contributed by atoms with van der Waals surface area (Å²) in [6, 6.07) is 8.05. The summed E-state index contributed by atoms with van der Waals surface area (Å²) >= 11 is 3.22. The molecule has 1 aromatic heterocycles. The van der Waals surface area contributed by atoms with Crippen LogP contribution in [0.1, 0.15) is 10.4 Å². The van der Waals surface area contributed by atoms with E-state index in [1.165, 1.54) is 6.07 Å². The SMILES string of the molecule is O=Cc1cc(-c2ccccc2F)n(Br)c1. The lowest BCUT2D eigenvalue weighted by molar-refractivity contribution is 0.112. The molecular formula is C11H7BrFNO. The maximum atomic E-state index is 13.4. The second-order valence-electron chi connectivity index (χ2n) is 3.07. The number of benzene rings is 1. The summed E-state index contributed by atoms with van der Waals surface area (Å²) in [5.74, 6) is -0.311. The quantitative estimate of drug-likeness (QED) is 0.766. The van der Waals surface area contributed by atoms with Crippen LogP contribution in [0.4, 0.5) is 4.39 Å². The zero-order valence-corrected chi connectivity index (χ0v) is 9.24. The Hall–Kier alpha value is -1.42. The molecule has 0 aliphatic carbocycles. The molecule has 2 aromatic rings. The van der Waals surface area contributed by atoms with Crippen LogP contribution in [0, 0.1) is 5.82 Å². The van der Waals surface area contributed by atoms with Crippen molar-refractivity contribution in [3.05, 3.63) is 47.9 Å². The Kier molecular flexibility index (Phi) is 2.68. The van der Waals surface area contributed by atoms with Crippen molar-refractivity contribution in [2.75, 3.05) is 0 Å². The summed E-state index contributed by atoms with van der Waals surface area (Å²) in [4.78, 5) is 10.6. The third kappa shape index (κ3) is 1.85. The number of carbonyl (C=O) groups excluding carboxylic acids is 1. The van der Waals surface area contributed by atoms with E-state index >= 15 is 0 Å². The zero-order valence-electron chi connectivity index (χ0n) is 7.65. The molecule has 0 fully saturated rings. The van der Waals surface area contributed by atoms with Crippen molar-refractivity contribution in [1.29, 1.82) is 0 Å². The largest absolute Gasteiger partial charge is 0.298 e. The van der Waals surface area contributed by atoms with E-state index in [-0.39, 0.29) is 5.82 Å². The average molecular weight is 268 g/mol. The Bertz CT molecular complexity index is 507. The average Bonchev–Trinajstić information content (AvgIpc) is 2.60. The molecule has 0 atom stereocenters. The molecule has 0 aliphatic rings. The van der Waals surface area contributed by atoms with Gasteiger partial charge in [0.25, 0.3) is 0 Å². The minimum absolute atomic E-state index is 0.311. The topological polar surface area (TPSA) is 22.0 Å². The van der Waals surface area contributed by atoms with E-state index in [1.807, 2.05) is 0 Å². The van der Waals surface area contributed by atoms with Crippen molar-refractivity contribution in [1.82, 2.24) is 3.59 Å². The van der Waals surface area contributed by atoms with E-state index in [2.05, 4.69) is 16.1 Å². The highest BCUT2D eigenvalue weighted by molar-refractivity contribution is 9.08. The summed E-state index contributed by atoms with van der Waals surface area (Å²) in [6.45, 7) is 0. The highest BCUT2D eigenvalue weighted by Gasteiger charge is 2.09. The number of aromatic nitrogens is 1. The number of carbonyl (C=O) groups is 1. The number of hydrogen-bond acceptors (Lipinski definition) is 1. The predicted molar refractivity (Wildman–Crippen MR) is 59.5 cm³/mol. The normalized spacial score (nSPS) is 10.3. The second kappa shape index (κ2) is 3.98. The smallest absolute Gasteiger partial charge is 0.151 e. The number of aldehydes is 1. The minimum atomic E-state index is -0.311.